The van der Waals surface area contributed by atoms with Crippen LogP contribution in [0, 0.1) is 0 Å². The van der Waals surface area contributed by atoms with E-state index in [0.29, 0.717) is 6.54 Å². The Kier molecular flexibility index (Phi) is 5.65. The van der Waals surface area contributed by atoms with Gasteiger partial charge in [-0.25, -0.2) is 13.1 Å². The summed E-state index contributed by atoms with van der Waals surface area (Å²) in [5, 5.41) is 0. The molecule has 0 aliphatic carbocycles. The van der Waals surface area contributed by atoms with Crippen LogP contribution in [-0.4, -0.2) is 45.5 Å². The minimum Gasteiger partial charge on any atom is -0.309 e. The first-order chi connectivity index (χ1) is 10.5. The zero-order valence-corrected chi connectivity index (χ0v) is 13.7. The fourth-order valence-corrected chi connectivity index (χ4v) is 3.13. The van der Waals surface area contributed by atoms with Gasteiger partial charge in [-0.2, -0.15) is 0 Å². The van der Waals surface area contributed by atoms with Crippen LogP contribution in [-0.2, 0) is 10.0 Å². The fraction of sp³-hybridized carbons (Fsp3) is 0.312. The van der Waals surface area contributed by atoms with E-state index in [4.69, 9.17) is 0 Å². The summed E-state index contributed by atoms with van der Waals surface area (Å²) in [6.45, 7) is 1.29. The van der Waals surface area contributed by atoms with E-state index in [1.54, 1.807) is 24.5 Å². The normalized spacial score (nSPS) is 11.8. The number of aromatic nitrogens is 1. The molecule has 0 spiro atoms. The van der Waals surface area contributed by atoms with E-state index in [2.05, 4.69) is 9.71 Å². The molecule has 118 valence electrons. The predicted octanol–water partition coefficient (Wildman–Crippen LogP) is 1.98. The first-order valence-electron chi connectivity index (χ1n) is 7.14. The lowest BCUT2D eigenvalue weighted by Crippen LogP contribution is -2.27. The average Bonchev–Trinajstić information content (AvgIpc) is 2.52. The summed E-state index contributed by atoms with van der Waals surface area (Å²) in [4.78, 5) is 6.29. The third kappa shape index (κ3) is 4.62. The lowest BCUT2D eigenvalue weighted by Gasteiger charge is -2.10. The third-order valence-electron chi connectivity index (χ3n) is 3.25. The molecule has 0 amide bonds. The molecule has 1 N–H and O–H groups in total. The molecule has 0 aliphatic rings. The number of hydrogen-bond donors (Lipinski definition) is 1. The smallest absolute Gasteiger partial charge is 0.240 e. The molecule has 0 fully saturated rings. The maximum atomic E-state index is 12.2. The highest BCUT2D eigenvalue weighted by Crippen LogP contribution is 2.20. The van der Waals surface area contributed by atoms with Crippen molar-refractivity contribution in [2.45, 2.75) is 11.3 Å². The van der Waals surface area contributed by atoms with Gasteiger partial charge in [0.25, 0.3) is 0 Å². The lowest BCUT2D eigenvalue weighted by molar-refractivity contribution is 0.400. The van der Waals surface area contributed by atoms with Gasteiger partial charge in [-0.05, 0) is 62.5 Å². The summed E-state index contributed by atoms with van der Waals surface area (Å²) in [6, 6.07) is 10.7. The van der Waals surface area contributed by atoms with Crippen molar-refractivity contribution >= 4 is 10.0 Å². The van der Waals surface area contributed by atoms with Crippen molar-refractivity contribution in [3.05, 3.63) is 48.8 Å². The topological polar surface area (TPSA) is 62.3 Å². The van der Waals surface area contributed by atoms with Gasteiger partial charge in [0, 0.05) is 18.9 Å². The number of benzene rings is 1. The van der Waals surface area contributed by atoms with E-state index in [0.717, 1.165) is 24.1 Å². The maximum Gasteiger partial charge on any atom is 0.240 e. The molecule has 6 heteroatoms. The summed E-state index contributed by atoms with van der Waals surface area (Å²) < 4.78 is 27.0. The minimum absolute atomic E-state index is 0.287. The SMILES string of the molecule is CN(C)CCCNS(=O)(=O)c1ccc(-c2ccncc2)cc1. The molecular weight excluding hydrogens is 298 g/mol. The molecule has 0 radical (unpaired) electrons. The first-order valence-corrected chi connectivity index (χ1v) is 8.62. The molecule has 22 heavy (non-hydrogen) atoms. The molecule has 1 aromatic heterocycles. The number of rotatable bonds is 7. The molecule has 0 unspecified atom stereocenters. The first kappa shape index (κ1) is 16.6. The summed E-state index contributed by atoms with van der Waals surface area (Å²) in [5.41, 5.74) is 1.98. The van der Waals surface area contributed by atoms with E-state index >= 15 is 0 Å². The van der Waals surface area contributed by atoms with E-state index in [1.165, 1.54) is 0 Å². The highest BCUT2D eigenvalue weighted by molar-refractivity contribution is 7.89. The van der Waals surface area contributed by atoms with Gasteiger partial charge in [0.05, 0.1) is 4.90 Å². The van der Waals surface area contributed by atoms with Crippen molar-refractivity contribution in [3.63, 3.8) is 0 Å². The van der Waals surface area contributed by atoms with Crippen molar-refractivity contribution in [2.24, 2.45) is 0 Å². The van der Waals surface area contributed by atoms with Crippen LogP contribution in [0.4, 0.5) is 0 Å². The van der Waals surface area contributed by atoms with Gasteiger partial charge in [0.1, 0.15) is 0 Å². The zero-order valence-electron chi connectivity index (χ0n) is 12.9. The minimum atomic E-state index is -3.44. The highest BCUT2D eigenvalue weighted by Gasteiger charge is 2.13. The number of sulfonamides is 1. The molecule has 1 aromatic carbocycles. The lowest BCUT2D eigenvalue weighted by atomic mass is 10.1. The van der Waals surface area contributed by atoms with Gasteiger partial charge in [-0.3, -0.25) is 4.98 Å². The molecule has 2 aromatic rings. The molecule has 1 heterocycles. The molecule has 0 atom stereocenters. The Bertz CT molecular complexity index is 683. The molecule has 0 aliphatic heterocycles. The van der Waals surface area contributed by atoms with Crippen LogP contribution in [0.2, 0.25) is 0 Å². The Balaban J connectivity index is 2.03. The number of nitrogens with one attached hydrogen (secondary N) is 1. The second kappa shape index (κ2) is 7.49. The molecule has 5 nitrogen and oxygen atoms in total. The molecule has 0 saturated heterocycles. The van der Waals surface area contributed by atoms with Gasteiger partial charge in [0.2, 0.25) is 10.0 Å². The molecule has 2 rings (SSSR count). The van der Waals surface area contributed by atoms with E-state index < -0.39 is 10.0 Å². The van der Waals surface area contributed by atoms with E-state index in [9.17, 15) is 8.42 Å². The Hall–Kier alpha value is -1.76. The zero-order chi connectivity index (χ0) is 16.0. The largest absolute Gasteiger partial charge is 0.309 e. The number of pyridine rings is 1. The van der Waals surface area contributed by atoms with Crippen LogP contribution in [0.1, 0.15) is 6.42 Å². The summed E-state index contributed by atoms with van der Waals surface area (Å²) in [6.07, 6.45) is 4.21. The number of nitrogens with zero attached hydrogens (tertiary/aromatic N) is 2. The Morgan fingerprint density at radius 2 is 1.59 bits per heavy atom. The number of hydrogen-bond acceptors (Lipinski definition) is 4. The fourth-order valence-electron chi connectivity index (χ4n) is 2.06. The summed E-state index contributed by atoms with van der Waals surface area (Å²) in [5.74, 6) is 0. The third-order valence-corrected chi connectivity index (χ3v) is 4.73. The van der Waals surface area contributed by atoms with Crippen LogP contribution in [0.25, 0.3) is 11.1 Å². The molecule has 0 saturated carbocycles. The highest BCUT2D eigenvalue weighted by atomic mass is 32.2. The second-order valence-electron chi connectivity index (χ2n) is 5.31. The molecular formula is C16H21N3O2S. The van der Waals surface area contributed by atoms with Crippen LogP contribution in [0.3, 0.4) is 0 Å². The van der Waals surface area contributed by atoms with Gasteiger partial charge >= 0.3 is 0 Å². The van der Waals surface area contributed by atoms with Gasteiger partial charge < -0.3 is 4.90 Å². The Labute approximate surface area is 132 Å². The van der Waals surface area contributed by atoms with Gasteiger partial charge in [-0.15, -0.1) is 0 Å². The summed E-state index contributed by atoms with van der Waals surface area (Å²) in [7, 11) is 0.491. The second-order valence-corrected chi connectivity index (χ2v) is 7.08. The van der Waals surface area contributed by atoms with Crippen LogP contribution in [0.15, 0.2) is 53.7 Å². The quantitative estimate of drug-likeness (QED) is 0.793. The van der Waals surface area contributed by atoms with Crippen molar-refractivity contribution in [3.8, 4) is 11.1 Å². The average molecular weight is 319 g/mol. The monoisotopic (exact) mass is 319 g/mol. The standard InChI is InChI=1S/C16H21N3O2S/c1-19(2)13-3-10-18-22(20,21)16-6-4-14(5-7-16)15-8-11-17-12-9-15/h4-9,11-12,18H,3,10,13H2,1-2H3. The predicted molar refractivity (Wildman–Crippen MR) is 88.0 cm³/mol. The Morgan fingerprint density at radius 3 is 2.18 bits per heavy atom. The Morgan fingerprint density at radius 1 is 1.00 bits per heavy atom. The van der Waals surface area contributed by atoms with E-state index in [-0.39, 0.29) is 4.90 Å². The van der Waals surface area contributed by atoms with Crippen molar-refractivity contribution in [1.29, 1.82) is 0 Å². The van der Waals surface area contributed by atoms with Gasteiger partial charge in [0.15, 0.2) is 0 Å². The van der Waals surface area contributed by atoms with Crippen LogP contribution in [0.5, 0.6) is 0 Å². The van der Waals surface area contributed by atoms with Crippen molar-refractivity contribution in [2.75, 3.05) is 27.2 Å². The van der Waals surface area contributed by atoms with Crippen molar-refractivity contribution < 1.29 is 8.42 Å². The van der Waals surface area contributed by atoms with Crippen LogP contribution < -0.4 is 4.72 Å². The van der Waals surface area contributed by atoms with Gasteiger partial charge in [-0.1, -0.05) is 12.1 Å². The maximum absolute atomic E-state index is 12.2. The van der Waals surface area contributed by atoms with Crippen molar-refractivity contribution in [1.82, 2.24) is 14.6 Å². The molecule has 0 bridgehead atoms. The van der Waals surface area contributed by atoms with E-state index in [1.807, 2.05) is 43.3 Å². The summed E-state index contributed by atoms with van der Waals surface area (Å²) >= 11 is 0. The van der Waals surface area contributed by atoms with Crippen LogP contribution >= 0.6 is 0 Å².